The largest absolute Gasteiger partial charge is 0.481 e. The van der Waals surface area contributed by atoms with Gasteiger partial charge in [-0.15, -0.1) is 0 Å². The first-order valence-corrected chi connectivity index (χ1v) is 7.57. The van der Waals surface area contributed by atoms with E-state index in [1.807, 2.05) is 30.3 Å². The number of carboxylic acids is 1. The number of rotatable bonds is 8. The third-order valence-electron chi connectivity index (χ3n) is 3.68. The van der Waals surface area contributed by atoms with E-state index in [1.165, 1.54) is 16.7 Å². The van der Waals surface area contributed by atoms with E-state index in [4.69, 9.17) is 5.11 Å². The molecule has 0 bridgehead atoms. The van der Waals surface area contributed by atoms with Crippen molar-refractivity contribution in [3.8, 4) is 0 Å². The number of carbonyl (C=O) groups is 3. The maximum Gasteiger partial charge on any atom is 0.308 e. The molecule has 0 aliphatic carbocycles. The van der Waals surface area contributed by atoms with E-state index < -0.39 is 11.9 Å². The molecule has 0 spiro atoms. The summed E-state index contributed by atoms with van der Waals surface area (Å²) in [5.74, 6) is -2.02. The Balaban J connectivity index is 2.56. The van der Waals surface area contributed by atoms with Crippen LogP contribution in [0, 0.1) is 5.92 Å². The quantitative estimate of drug-likeness (QED) is 0.782. The minimum Gasteiger partial charge on any atom is -0.481 e. The Morgan fingerprint density at radius 3 is 2.30 bits per heavy atom. The van der Waals surface area contributed by atoms with Crippen molar-refractivity contribution in [3.05, 3.63) is 35.9 Å². The molecule has 1 N–H and O–H groups in total. The highest BCUT2D eigenvalue weighted by molar-refractivity contribution is 5.84. The minimum atomic E-state index is -0.947. The van der Waals surface area contributed by atoms with E-state index >= 15 is 0 Å². The lowest BCUT2D eigenvalue weighted by molar-refractivity contribution is -0.144. The number of amides is 2. The lowest BCUT2D eigenvalue weighted by atomic mass is 10.1. The molecule has 0 aromatic heterocycles. The Kier molecular flexibility index (Phi) is 7.25. The van der Waals surface area contributed by atoms with Crippen LogP contribution in [-0.4, -0.2) is 59.4 Å². The summed E-state index contributed by atoms with van der Waals surface area (Å²) >= 11 is 0. The van der Waals surface area contributed by atoms with Crippen molar-refractivity contribution < 1.29 is 19.5 Å². The van der Waals surface area contributed by atoms with Crippen LogP contribution in [0.15, 0.2) is 30.3 Å². The average molecular weight is 320 g/mol. The van der Waals surface area contributed by atoms with Gasteiger partial charge in [0.05, 0.1) is 12.5 Å². The standard InChI is InChI=1S/C17H24N2O4/c1-13(17(22)23)11-18(3)16(21)12-19(14(2)20)10-9-15-7-5-4-6-8-15/h4-8,13H,9-12H2,1-3H3,(H,22,23). The smallest absolute Gasteiger partial charge is 0.308 e. The highest BCUT2D eigenvalue weighted by Crippen LogP contribution is 2.04. The van der Waals surface area contributed by atoms with Gasteiger partial charge in [-0.1, -0.05) is 37.3 Å². The second-order valence-corrected chi connectivity index (χ2v) is 5.69. The van der Waals surface area contributed by atoms with Gasteiger partial charge >= 0.3 is 5.97 Å². The summed E-state index contributed by atoms with van der Waals surface area (Å²) in [4.78, 5) is 37.6. The number of likely N-dealkylation sites (N-methyl/N-ethyl adjacent to an activating group) is 1. The molecule has 0 aliphatic rings. The summed E-state index contributed by atoms with van der Waals surface area (Å²) < 4.78 is 0. The Morgan fingerprint density at radius 2 is 1.78 bits per heavy atom. The highest BCUT2D eigenvalue weighted by atomic mass is 16.4. The van der Waals surface area contributed by atoms with Gasteiger partial charge in [0.25, 0.3) is 0 Å². The van der Waals surface area contributed by atoms with Crippen molar-refractivity contribution in [2.75, 3.05) is 26.7 Å². The molecule has 6 nitrogen and oxygen atoms in total. The Labute approximate surface area is 136 Å². The molecule has 0 saturated heterocycles. The summed E-state index contributed by atoms with van der Waals surface area (Å²) in [7, 11) is 1.55. The zero-order valence-electron chi connectivity index (χ0n) is 13.9. The molecular weight excluding hydrogens is 296 g/mol. The van der Waals surface area contributed by atoms with Crippen LogP contribution in [0.5, 0.6) is 0 Å². The van der Waals surface area contributed by atoms with Crippen molar-refractivity contribution in [1.29, 1.82) is 0 Å². The van der Waals surface area contributed by atoms with Crippen LogP contribution in [0.2, 0.25) is 0 Å². The predicted molar refractivity (Wildman–Crippen MR) is 86.8 cm³/mol. The maximum absolute atomic E-state index is 12.2. The predicted octanol–water partition coefficient (Wildman–Crippen LogP) is 1.26. The third kappa shape index (κ3) is 6.50. The van der Waals surface area contributed by atoms with Gasteiger partial charge in [0, 0.05) is 27.1 Å². The number of aliphatic carboxylic acids is 1. The molecule has 1 rings (SSSR count). The second-order valence-electron chi connectivity index (χ2n) is 5.69. The summed E-state index contributed by atoms with van der Waals surface area (Å²) in [6, 6.07) is 9.73. The monoisotopic (exact) mass is 320 g/mol. The van der Waals surface area contributed by atoms with Gasteiger partial charge in [0.2, 0.25) is 11.8 Å². The average Bonchev–Trinajstić information content (AvgIpc) is 2.51. The highest BCUT2D eigenvalue weighted by Gasteiger charge is 2.20. The van der Waals surface area contributed by atoms with E-state index in [-0.39, 0.29) is 24.9 Å². The lowest BCUT2D eigenvalue weighted by Gasteiger charge is -2.25. The summed E-state index contributed by atoms with van der Waals surface area (Å²) in [5, 5.41) is 8.89. The zero-order valence-corrected chi connectivity index (χ0v) is 13.9. The van der Waals surface area contributed by atoms with Crippen molar-refractivity contribution in [3.63, 3.8) is 0 Å². The maximum atomic E-state index is 12.2. The number of hydrogen-bond acceptors (Lipinski definition) is 3. The Hall–Kier alpha value is -2.37. The molecule has 0 saturated carbocycles. The molecule has 6 heteroatoms. The normalized spacial score (nSPS) is 11.6. The summed E-state index contributed by atoms with van der Waals surface area (Å²) in [6.07, 6.45) is 0.670. The van der Waals surface area contributed by atoms with Crippen LogP contribution in [0.25, 0.3) is 0 Å². The van der Waals surface area contributed by atoms with Gasteiger partial charge in [0.1, 0.15) is 0 Å². The molecule has 2 amide bonds. The molecule has 0 fully saturated rings. The van der Waals surface area contributed by atoms with Gasteiger partial charge in [-0.25, -0.2) is 0 Å². The van der Waals surface area contributed by atoms with Crippen LogP contribution >= 0.6 is 0 Å². The summed E-state index contributed by atoms with van der Waals surface area (Å²) in [5.41, 5.74) is 1.10. The van der Waals surface area contributed by atoms with Crippen molar-refractivity contribution in [2.45, 2.75) is 20.3 Å². The van der Waals surface area contributed by atoms with Crippen LogP contribution in [0.3, 0.4) is 0 Å². The van der Waals surface area contributed by atoms with Gasteiger partial charge < -0.3 is 14.9 Å². The van der Waals surface area contributed by atoms with E-state index in [0.717, 1.165) is 5.56 Å². The first-order chi connectivity index (χ1) is 10.8. The summed E-state index contributed by atoms with van der Waals surface area (Å²) in [6.45, 7) is 3.51. The topological polar surface area (TPSA) is 77.9 Å². The molecule has 0 radical (unpaired) electrons. The Morgan fingerprint density at radius 1 is 1.17 bits per heavy atom. The molecule has 1 aromatic rings. The zero-order chi connectivity index (χ0) is 17.4. The fourth-order valence-corrected chi connectivity index (χ4v) is 2.13. The minimum absolute atomic E-state index is 0.0367. The molecule has 23 heavy (non-hydrogen) atoms. The van der Waals surface area contributed by atoms with Crippen molar-refractivity contribution >= 4 is 17.8 Å². The van der Waals surface area contributed by atoms with Crippen molar-refractivity contribution in [2.24, 2.45) is 5.92 Å². The number of hydrogen-bond donors (Lipinski definition) is 1. The first kappa shape index (κ1) is 18.7. The molecule has 1 unspecified atom stereocenters. The van der Waals surface area contributed by atoms with Gasteiger partial charge in [0.15, 0.2) is 0 Å². The first-order valence-electron chi connectivity index (χ1n) is 7.57. The van der Waals surface area contributed by atoms with Gasteiger partial charge in [-0.3, -0.25) is 14.4 Å². The van der Waals surface area contributed by atoms with E-state index in [0.29, 0.717) is 13.0 Å². The molecule has 0 heterocycles. The van der Waals surface area contributed by atoms with E-state index in [9.17, 15) is 14.4 Å². The lowest BCUT2D eigenvalue weighted by Crippen LogP contribution is -2.43. The van der Waals surface area contributed by atoms with Crippen LogP contribution in [0.4, 0.5) is 0 Å². The number of nitrogens with zero attached hydrogens (tertiary/aromatic N) is 2. The Bertz CT molecular complexity index is 545. The van der Waals surface area contributed by atoms with E-state index in [1.54, 1.807) is 14.0 Å². The fourth-order valence-electron chi connectivity index (χ4n) is 2.13. The fraction of sp³-hybridized carbons (Fsp3) is 0.471. The van der Waals surface area contributed by atoms with E-state index in [2.05, 4.69) is 0 Å². The molecule has 1 atom stereocenters. The molecule has 126 valence electrons. The third-order valence-corrected chi connectivity index (χ3v) is 3.68. The molecule has 1 aromatic carbocycles. The van der Waals surface area contributed by atoms with Crippen LogP contribution < -0.4 is 0 Å². The number of carboxylic acid groups (broad SMARTS) is 1. The molecular formula is C17H24N2O4. The van der Waals surface area contributed by atoms with Crippen LogP contribution in [0.1, 0.15) is 19.4 Å². The van der Waals surface area contributed by atoms with Gasteiger partial charge in [-0.2, -0.15) is 0 Å². The van der Waals surface area contributed by atoms with Gasteiger partial charge in [-0.05, 0) is 12.0 Å². The second kappa shape index (κ2) is 8.92. The number of carbonyl (C=O) groups excluding carboxylic acids is 2. The SMILES string of the molecule is CC(=O)N(CCc1ccccc1)CC(=O)N(C)CC(C)C(=O)O. The number of benzene rings is 1. The van der Waals surface area contributed by atoms with Crippen LogP contribution in [-0.2, 0) is 20.8 Å². The molecule has 0 aliphatic heterocycles. The van der Waals surface area contributed by atoms with Crippen molar-refractivity contribution in [1.82, 2.24) is 9.80 Å².